The van der Waals surface area contributed by atoms with E-state index in [1.807, 2.05) is 24.3 Å². The van der Waals surface area contributed by atoms with Crippen molar-refractivity contribution in [3.8, 4) is 0 Å². The van der Waals surface area contributed by atoms with Gasteiger partial charge in [0.2, 0.25) is 5.91 Å². The van der Waals surface area contributed by atoms with Gasteiger partial charge in [0.15, 0.2) is 0 Å². The Labute approximate surface area is 95.2 Å². The number of benzene rings is 1. The number of nitrogens with two attached hydrogens (primary N) is 1. The molecule has 0 aromatic heterocycles. The molecule has 0 heterocycles. The molecular weight excluding hydrogens is 202 g/mol. The third kappa shape index (κ3) is 2.73. The van der Waals surface area contributed by atoms with E-state index in [1.165, 1.54) is 6.92 Å². The van der Waals surface area contributed by atoms with Gasteiger partial charge in [0.05, 0.1) is 0 Å². The molecule has 1 fully saturated rings. The van der Waals surface area contributed by atoms with Crippen LogP contribution >= 0.6 is 0 Å². The summed E-state index contributed by atoms with van der Waals surface area (Å²) in [5.74, 6) is -0.0503. The fourth-order valence-electron chi connectivity index (χ4n) is 1.87. The summed E-state index contributed by atoms with van der Waals surface area (Å²) < 4.78 is 0. The van der Waals surface area contributed by atoms with Crippen molar-refractivity contribution in [1.82, 2.24) is 0 Å². The molecule has 4 nitrogen and oxygen atoms in total. The van der Waals surface area contributed by atoms with Crippen molar-refractivity contribution in [2.24, 2.45) is 5.73 Å². The molecule has 16 heavy (non-hydrogen) atoms. The SMILES string of the molecule is CC(=O)Nc1ccc(NC2CC(N)C2)cc1. The lowest BCUT2D eigenvalue weighted by atomic mass is 9.87. The predicted molar refractivity (Wildman–Crippen MR) is 65.4 cm³/mol. The average molecular weight is 219 g/mol. The van der Waals surface area contributed by atoms with E-state index in [0.29, 0.717) is 12.1 Å². The molecule has 0 bridgehead atoms. The molecule has 1 saturated carbocycles. The quantitative estimate of drug-likeness (QED) is 0.722. The molecule has 1 aromatic carbocycles. The lowest BCUT2D eigenvalue weighted by molar-refractivity contribution is -0.114. The van der Waals surface area contributed by atoms with Gasteiger partial charge >= 0.3 is 0 Å². The summed E-state index contributed by atoms with van der Waals surface area (Å²) >= 11 is 0. The molecule has 1 aliphatic rings. The van der Waals surface area contributed by atoms with E-state index in [4.69, 9.17) is 5.73 Å². The minimum Gasteiger partial charge on any atom is -0.382 e. The van der Waals surface area contributed by atoms with Gasteiger partial charge in [-0.05, 0) is 37.1 Å². The number of carbonyl (C=O) groups excluding carboxylic acids is 1. The fourth-order valence-corrected chi connectivity index (χ4v) is 1.87. The highest BCUT2D eigenvalue weighted by atomic mass is 16.1. The van der Waals surface area contributed by atoms with Crippen molar-refractivity contribution < 1.29 is 4.79 Å². The van der Waals surface area contributed by atoms with Crippen molar-refractivity contribution in [2.75, 3.05) is 10.6 Å². The van der Waals surface area contributed by atoms with Crippen LogP contribution < -0.4 is 16.4 Å². The third-order valence-electron chi connectivity index (χ3n) is 2.75. The van der Waals surface area contributed by atoms with Gasteiger partial charge in [0.1, 0.15) is 0 Å². The van der Waals surface area contributed by atoms with E-state index in [9.17, 15) is 4.79 Å². The van der Waals surface area contributed by atoms with Crippen molar-refractivity contribution in [3.63, 3.8) is 0 Å². The largest absolute Gasteiger partial charge is 0.382 e. The molecule has 0 atom stereocenters. The maximum absolute atomic E-state index is 10.8. The van der Waals surface area contributed by atoms with Crippen LogP contribution in [0.15, 0.2) is 24.3 Å². The summed E-state index contributed by atoms with van der Waals surface area (Å²) in [6, 6.07) is 8.58. The van der Waals surface area contributed by atoms with Gasteiger partial charge in [-0.1, -0.05) is 0 Å². The van der Waals surface area contributed by atoms with Gasteiger partial charge in [-0.3, -0.25) is 4.79 Å². The summed E-state index contributed by atoms with van der Waals surface area (Å²) in [7, 11) is 0. The van der Waals surface area contributed by atoms with Crippen LogP contribution in [-0.4, -0.2) is 18.0 Å². The Bertz CT molecular complexity index is 368. The summed E-state index contributed by atoms with van der Waals surface area (Å²) in [5, 5.41) is 6.13. The first-order chi connectivity index (χ1) is 7.63. The Morgan fingerprint density at radius 1 is 1.25 bits per heavy atom. The predicted octanol–water partition coefficient (Wildman–Crippen LogP) is 1.55. The first-order valence-corrected chi connectivity index (χ1v) is 5.53. The molecule has 1 amide bonds. The van der Waals surface area contributed by atoms with Crippen LogP contribution in [-0.2, 0) is 4.79 Å². The van der Waals surface area contributed by atoms with Crippen LogP contribution in [0.25, 0.3) is 0 Å². The first-order valence-electron chi connectivity index (χ1n) is 5.53. The molecule has 0 aliphatic heterocycles. The Morgan fingerprint density at radius 2 is 1.81 bits per heavy atom. The van der Waals surface area contributed by atoms with E-state index >= 15 is 0 Å². The van der Waals surface area contributed by atoms with Crippen LogP contribution in [0.1, 0.15) is 19.8 Å². The van der Waals surface area contributed by atoms with Gasteiger partial charge < -0.3 is 16.4 Å². The van der Waals surface area contributed by atoms with Crippen LogP contribution in [0.5, 0.6) is 0 Å². The number of nitrogens with one attached hydrogen (secondary N) is 2. The third-order valence-corrected chi connectivity index (χ3v) is 2.75. The number of anilines is 2. The maximum Gasteiger partial charge on any atom is 0.221 e. The minimum absolute atomic E-state index is 0.0503. The van der Waals surface area contributed by atoms with Gasteiger partial charge in [-0.25, -0.2) is 0 Å². The normalized spacial score (nSPS) is 23.4. The molecule has 4 heteroatoms. The zero-order valence-electron chi connectivity index (χ0n) is 9.36. The van der Waals surface area contributed by atoms with Crippen molar-refractivity contribution in [3.05, 3.63) is 24.3 Å². The molecule has 0 unspecified atom stereocenters. The lowest BCUT2D eigenvalue weighted by Crippen LogP contribution is -2.44. The van der Waals surface area contributed by atoms with Crippen molar-refractivity contribution in [2.45, 2.75) is 31.8 Å². The van der Waals surface area contributed by atoms with Crippen molar-refractivity contribution >= 4 is 17.3 Å². The molecule has 1 aromatic rings. The Balaban J connectivity index is 1.89. The van der Waals surface area contributed by atoms with Crippen LogP contribution in [0.2, 0.25) is 0 Å². The number of hydrogen-bond donors (Lipinski definition) is 3. The smallest absolute Gasteiger partial charge is 0.221 e. The van der Waals surface area contributed by atoms with E-state index in [1.54, 1.807) is 0 Å². The maximum atomic E-state index is 10.8. The second-order valence-electron chi connectivity index (χ2n) is 4.33. The molecule has 2 rings (SSSR count). The number of hydrogen-bond acceptors (Lipinski definition) is 3. The van der Waals surface area contributed by atoms with E-state index in [0.717, 1.165) is 24.2 Å². The number of rotatable bonds is 3. The summed E-state index contributed by atoms with van der Waals surface area (Å²) in [6.07, 6.45) is 2.07. The first kappa shape index (κ1) is 11.0. The topological polar surface area (TPSA) is 67.2 Å². The molecule has 4 N–H and O–H groups in total. The lowest BCUT2D eigenvalue weighted by Gasteiger charge is -2.33. The second kappa shape index (κ2) is 4.53. The fraction of sp³-hybridized carbons (Fsp3) is 0.417. The highest BCUT2D eigenvalue weighted by Gasteiger charge is 2.25. The minimum atomic E-state index is -0.0503. The molecule has 1 aliphatic carbocycles. The van der Waals surface area contributed by atoms with E-state index in [2.05, 4.69) is 10.6 Å². The van der Waals surface area contributed by atoms with E-state index < -0.39 is 0 Å². The van der Waals surface area contributed by atoms with Crippen LogP contribution in [0.3, 0.4) is 0 Å². The Morgan fingerprint density at radius 3 is 2.31 bits per heavy atom. The molecule has 0 saturated heterocycles. The standard InChI is InChI=1S/C12H17N3O/c1-8(16)14-10-2-4-11(5-3-10)15-12-6-9(13)7-12/h2-5,9,12,15H,6-7,13H2,1H3,(H,14,16). The highest BCUT2D eigenvalue weighted by Crippen LogP contribution is 2.23. The highest BCUT2D eigenvalue weighted by molar-refractivity contribution is 5.88. The molecule has 0 spiro atoms. The van der Waals surface area contributed by atoms with Gasteiger partial charge in [0.25, 0.3) is 0 Å². The summed E-state index contributed by atoms with van der Waals surface area (Å²) in [4.78, 5) is 10.8. The monoisotopic (exact) mass is 219 g/mol. The summed E-state index contributed by atoms with van der Waals surface area (Å²) in [6.45, 7) is 1.50. The zero-order chi connectivity index (χ0) is 11.5. The second-order valence-corrected chi connectivity index (χ2v) is 4.33. The Kier molecular flexibility index (Phi) is 3.10. The molecule has 0 radical (unpaired) electrons. The summed E-state index contributed by atoms with van der Waals surface area (Å²) in [5.41, 5.74) is 7.61. The van der Waals surface area contributed by atoms with Crippen LogP contribution in [0, 0.1) is 0 Å². The van der Waals surface area contributed by atoms with Gasteiger partial charge in [-0.15, -0.1) is 0 Å². The average Bonchev–Trinajstić information content (AvgIpc) is 2.18. The number of amides is 1. The zero-order valence-corrected chi connectivity index (χ0v) is 9.36. The van der Waals surface area contributed by atoms with Gasteiger partial charge in [0, 0.05) is 30.4 Å². The van der Waals surface area contributed by atoms with Gasteiger partial charge in [-0.2, -0.15) is 0 Å². The molecular formula is C12H17N3O. The van der Waals surface area contributed by atoms with Crippen LogP contribution in [0.4, 0.5) is 11.4 Å². The van der Waals surface area contributed by atoms with Crippen molar-refractivity contribution in [1.29, 1.82) is 0 Å². The number of carbonyl (C=O) groups is 1. The Hall–Kier alpha value is -1.55. The van der Waals surface area contributed by atoms with E-state index in [-0.39, 0.29) is 5.91 Å². The molecule has 86 valence electrons.